The van der Waals surface area contributed by atoms with Crippen molar-refractivity contribution in [3.8, 4) is 0 Å². The molecule has 0 saturated heterocycles. The van der Waals surface area contributed by atoms with Crippen LogP contribution in [0.25, 0.3) is 0 Å². The SMILES string of the molecule is CCCNc1ncc([N+](=O)[O-])c(NCCCC2CC2)n1. The predicted octanol–water partition coefficient (Wildman–Crippen LogP) is 2.81. The number of rotatable bonds is 9. The van der Waals surface area contributed by atoms with Crippen LogP contribution in [0.4, 0.5) is 17.5 Å². The maximum Gasteiger partial charge on any atom is 0.329 e. The molecule has 1 fully saturated rings. The molecule has 1 heterocycles. The molecule has 0 aliphatic heterocycles. The van der Waals surface area contributed by atoms with Gasteiger partial charge in [0.25, 0.3) is 0 Å². The number of hydrogen-bond donors (Lipinski definition) is 2. The van der Waals surface area contributed by atoms with Gasteiger partial charge in [0.15, 0.2) is 0 Å². The van der Waals surface area contributed by atoms with Gasteiger partial charge >= 0.3 is 5.69 Å². The Labute approximate surface area is 118 Å². The third-order valence-electron chi connectivity index (χ3n) is 3.28. The van der Waals surface area contributed by atoms with E-state index in [1.165, 1.54) is 25.5 Å². The lowest BCUT2D eigenvalue weighted by Gasteiger charge is -2.08. The second-order valence-corrected chi connectivity index (χ2v) is 5.12. The maximum atomic E-state index is 11.0. The van der Waals surface area contributed by atoms with Crippen molar-refractivity contribution in [2.75, 3.05) is 23.7 Å². The number of hydrogen-bond acceptors (Lipinski definition) is 6. The molecule has 0 amide bonds. The van der Waals surface area contributed by atoms with Crippen LogP contribution >= 0.6 is 0 Å². The molecule has 20 heavy (non-hydrogen) atoms. The third kappa shape index (κ3) is 4.32. The van der Waals surface area contributed by atoms with Gasteiger partial charge < -0.3 is 10.6 Å². The van der Waals surface area contributed by atoms with Crippen molar-refractivity contribution in [1.82, 2.24) is 9.97 Å². The van der Waals surface area contributed by atoms with E-state index in [1.54, 1.807) is 0 Å². The summed E-state index contributed by atoms with van der Waals surface area (Å²) < 4.78 is 0. The zero-order chi connectivity index (χ0) is 14.4. The summed E-state index contributed by atoms with van der Waals surface area (Å²) >= 11 is 0. The van der Waals surface area contributed by atoms with Crippen LogP contribution in [0.2, 0.25) is 0 Å². The fraction of sp³-hybridized carbons (Fsp3) is 0.692. The summed E-state index contributed by atoms with van der Waals surface area (Å²) in [6, 6.07) is 0. The van der Waals surface area contributed by atoms with Crippen LogP contribution in [0, 0.1) is 16.0 Å². The van der Waals surface area contributed by atoms with Gasteiger partial charge in [-0.3, -0.25) is 10.1 Å². The largest absolute Gasteiger partial charge is 0.364 e. The highest BCUT2D eigenvalue weighted by molar-refractivity contribution is 5.56. The minimum atomic E-state index is -0.452. The summed E-state index contributed by atoms with van der Waals surface area (Å²) in [6.45, 7) is 3.50. The summed E-state index contributed by atoms with van der Waals surface area (Å²) in [6.07, 6.45) is 7.08. The van der Waals surface area contributed by atoms with Crippen molar-refractivity contribution in [2.24, 2.45) is 5.92 Å². The van der Waals surface area contributed by atoms with Crippen molar-refractivity contribution < 1.29 is 4.92 Å². The van der Waals surface area contributed by atoms with E-state index in [1.807, 2.05) is 6.92 Å². The van der Waals surface area contributed by atoms with Crippen molar-refractivity contribution >= 4 is 17.5 Å². The van der Waals surface area contributed by atoms with Gasteiger partial charge in [0.1, 0.15) is 6.20 Å². The first-order valence-corrected chi connectivity index (χ1v) is 7.20. The molecule has 2 rings (SSSR count). The molecule has 0 unspecified atom stereocenters. The molecule has 7 nitrogen and oxygen atoms in total. The molecule has 7 heteroatoms. The molecule has 1 aliphatic rings. The van der Waals surface area contributed by atoms with Gasteiger partial charge in [-0.1, -0.05) is 19.8 Å². The normalized spacial score (nSPS) is 14.1. The summed E-state index contributed by atoms with van der Waals surface area (Å²) in [5.74, 6) is 1.61. The molecule has 1 aromatic heterocycles. The smallest absolute Gasteiger partial charge is 0.329 e. The van der Waals surface area contributed by atoms with E-state index in [2.05, 4.69) is 20.6 Å². The highest BCUT2D eigenvalue weighted by atomic mass is 16.6. The van der Waals surface area contributed by atoms with E-state index in [0.717, 1.165) is 25.3 Å². The van der Waals surface area contributed by atoms with E-state index in [-0.39, 0.29) is 5.69 Å². The van der Waals surface area contributed by atoms with Crippen molar-refractivity contribution in [1.29, 1.82) is 0 Å². The van der Waals surface area contributed by atoms with E-state index in [0.29, 0.717) is 18.3 Å². The number of aromatic nitrogens is 2. The lowest BCUT2D eigenvalue weighted by molar-refractivity contribution is -0.384. The maximum absolute atomic E-state index is 11.0. The minimum absolute atomic E-state index is 0.0709. The molecule has 0 radical (unpaired) electrons. The highest BCUT2D eigenvalue weighted by Crippen LogP contribution is 2.33. The number of nitrogens with zero attached hydrogens (tertiary/aromatic N) is 3. The van der Waals surface area contributed by atoms with E-state index in [4.69, 9.17) is 0 Å². The second-order valence-electron chi connectivity index (χ2n) is 5.12. The number of anilines is 2. The molecular formula is C13H21N5O2. The van der Waals surface area contributed by atoms with Crippen molar-refractivity contribution in [3.05, 3.63) is 16.3 Å². The second kappa shape index (κ2) is 7.02. The number of nitrogens with one attached hydrogen (secondary N) is 2. The fourth-order valence-corrected chi connectivity index (χ4v) is 1.97. The van der Waals surface area contributed by atoms with Gasteiger partial charge in [0, 0.05) is 13.1 Å². The first-order chi connectivity index (χ1) is 9.70. The van der Waals surface area contributed by atoms with Crippen LogP contribution < -0.4 is 10.6 Å². The lowest BCUT2D eigenvalue weighted by Crippen LogP contribution is -2.10. The topological polar surface area (TPSA) is 93.0 Å². The van der Waals surface area contributed by atoms with Gasteiger partial charge in [-0.25, -0.2) is 4.98 Å². The van der Waals surface area contributed by atoms with Crippen molar-refractivity contribution in [3.63, 3.8) is 0 Å². The molecule has 0 atom stereocenters. The summed E-state index contributed by atoms with van der Waals surface area (Å²) in [5.41, 5.74) is -0.0709. The Balaban J connectivity index is 1.95. The fourth-order valence-electron chi connectivity index (χ4n) is 1.97. The van der Waals surface area contributed by atoms with Gasteiger partial charge in [0.05, 0.1) is 4.92 Å². The highest BCUT2D eigenvalue weighted by Gasteiger charge is 2.21. The van der Waals surface area contributed by atoms with Crippen LogP contribution in [-0.4, -0.2) is 28.0 Å². The average molecular weight is 279 g/mol. The monoisotopic (exact) mass is 279 g/mol. The molecular weight excluding hydrogens is 258 g/mol. The van der Waals surface area contributed by atoms with E-state index >= 15 is 0 Å². The molecule has 0 aromatic carbocycles. The molecule has 1 aromatic rings. The Morgan fingerprint density at radius 3 is 2.85 bits per heavy atom. The Morgan fingerprint density at radius 1 is 1.40 bits per heavy atom. The van der Waals surface area contributed by atoms with Crippen LogP contribution in [0.15, 0.2) is 6.20 Å². The molecule has 1 aliphatic carbocycles. The molecule has 2 N–H and O–H groups in total. The van der Waals surface area contributed by atoms with Gasteiger partial charge in [-0.15, -0.1) is 0 Å². The summed E-state index contributed by atoms with van der Waals surface area (Å²) in [4.78, 5) is 18.7. The molecule has 110 valence electrons. The van der Waals surface area contributed by atoms with Gasteiger partial charge in [-0.2, -0.15) is 4.98 Å². The Kier molecular flexibility index (Phi) is 5.09. The van der Waals surface area contributed by atoms with E-state index in [9.17, 15) is 10.1 Å². The quantitative estimate of drug-likeness (QED) is 0.410. The third-order valence-corrected chi connectivity index (χ3v) is 3.28. The molecule has 1 saturated carbocycles. The summed E-state index contributed by atoms with van der Waals surface area (Å²) in [5, 5.41) is 17.1. The average Bonchev–Trinajstić information content (AvgIpc) is 3.25. The Hall–Kier alpha value is -1.92. The predicted molar refractivity (Wildman–Crippen MR) is 77.9 cm³/mol. The number of nitro groups is 1. The Bertz CT molecular complexity index is 462. The van der Waals surface area contributed by atoms with E-state index < -0.39 is 4.92 Å². The Morgan fingerprint density at radius 2 is 2.20 bits per heavy atom. The first-order valence-electron chi connectivity index (χ1n) is 7.20. The van der Waals surface area contributed by atoms with Crippen LogP contribution in [0.5, 0.6) is 0 Å². The zero-order valence-corrected chi connectivity index (χ0v) is 11.8. The van der Waals surface area contributed by atoms with Crippen LogP contribution in [0.3, 0.4) is 0 Å². The van der Waals surface area contributed by atoms with Crippen LogP contribution in [-0.2, 0) is 0 Å². The van der Waals surface area contributed by atoms with Gasteiger partial charge in [0.2, 0.25) is 11.8 Å². The first kappa shape index (κ1) is 14.5. The zero-order valence-electron chi connectivity index (χ0n) is 11.8. The molecule has 0 spiro atoms. The van der Waals surface area contributed by atoms with Gasteiger partial charge in [-0.05, 0) is 25.2 Å². The molecule has 0 bridgehead atoms. The standard InChI is InChI=1S/C13H21N5O2/c1-2-7-15-13-16-9-11(18(19)20)12(17-13)14-8-3-4-10-5-6-10/h9-10H,2-8H2,1H3,(H2,14,15,16,17). The summed E-state index contributed by atoms with van der Waals surface area (Å²) in [7, 11) is 0. The van der Waals surface area contributed by atoms with Crippen LogP contribution in [0.1, 0.15) is 39.0 Å². The minimum Gasteiger partial charge on any atom is -0.364 e. The lowest BCUT2D eigenvalue weighted by atomic mass is 10.2. The van der Waals surface area contributed by atoms with Crippen molar-refractivity contribution in [2.45, 2.75) is 39.0 Å².